The van der Waals surface area contributed by atoms with Crippen molar-refractivity contribution in [3.63, 3.8) is 0 Å². The van der Waals surface area contributed by atoms with Gasteiger partial charge in [-0.1, -0.05) is 29.8 Å². The lowest BCUT2D eigenvalue weighted by molar-refractivity contribution is -0.121. The Morgan fingerprint density at radius 3 is 2.92 bits per heavy atom. The van der Waals surface area contributed by atoms with Gasteiger partial charge in [-0.15, -0.1) is 0 Å². The number of hydrogen-bond donors (Lipinski definition) is 2. The minimum atomic E-state index is -0.124. The number of nitrogens with two attached hydrogens (primary N) is 1. The van der Waals surface area contributed by atoms with Gasteiger partial charge in [0.05, 0.1) is 0 Å². The van der Waals surface area contributed by atoms with Crippen LogP contribution in [0.1, 0.15) is 17.5 Å². The van der Waals surface area contributed by atoms with E-state index in [2.05, 4.69) is 11.5 Å². The van der Waals surface area contributed by atoms with Crippen molar-refractivity contribution in [2.45, 2.75) is 19.8 Å². The molecule has 3 heteroatoms. The smallest absolute Gasteiger partial charge is 0.234 e. The van der Waals surface area contributed by atoms with Gasteiger partial charge in [0.1, 0.15) is 0 Å². The van der Waals surface area contributed by atoms with Gasteiger partial charge in [-0.25, -0.2) is 5.84 Å². The lowest BCUT2D eigenvalue weighted by atomic mass is 10.1. The van der Waals surface area contributed by atoms with Crippen LogP contribution in [-0.2, 0) is 11.2 Å². The summed E-state index contributed by atoms with van der Waals surface area (Å²) in [6.07, 6.45) is 1.19. The van der Waals surface area contributed by atoms with Gasteiger partial charge in [0.2, 0.25) is 5.91 Å². The van der Waals surface area contributed by atoms with Gasteiger partial charge in [-0.05, 0) is 18.9 Å². The molecule has 0 atom stereocenters. The maximum Gasteiger partial charge on any atom is 0.234 e. The first-order valence-electron chi connectivity index (χ1n) is 4.27. The summed E-state index contributed by atoms with van der Waals surface area (Å²) in [7, 11) is 0. The van der Waals surface area contributed by atoms with E-state index in [0.29, 0.717) is 6.42 Å². The van der Waals surface area contributed by atoms with Crippen LogP contribution in [0.2, 0.25) is 0 Å². The molecule has 0 spiro atoms. The molecule has 1 aromatic rings. The number of amides is 1. The summed E-state index contributed by atoms with van der Waals surface area (Å²) in [4.78, 5) is 10.8. The average molecular weight is 178 g/mol. The molecule has 0 saturated carbocycles. The van der Waals surface area contributed by atoms with Crippen LogP contribution in [0.4, 0.5) is 0 Å². The highest BCUT2D eigenvalue weighted by atomic mass is 16.2. The second kappa shape index (κ2) is 4.62. The predicted molar refractivity (Wildman–Crippen MR) is 51.8 cm³/mol. The third kappa shape index (κ3) is 3.25. The highest BCUT2D eigenvalue weighted by molar-refractivity contribution is 5.75. The van der Waals surface area contributed by atoms with Crippen LogP contribution in [0.3, 0.4) is 0 Å². The zero-order valence-electron chi connectivity index (χ0n) is 7.71. The van der Waals surface area contributed by atoms with Crippen molar-refractivity contribution in [2.24, 2.45) is 5.84 Å². The summed E-state index contributed by atoms with van der Waals surface area (Å²) >= 11 is 0. The van der Waals surface area contributed by atoms with Crippen LogP contribution in [-0.4, -0.2) is 5.91 Å². The molecule has 0 heterocycles. The number of carbonyl (C=O) groups excluding carboxylic acids is 1. The van der Waals surface area contributed by atoms with E-state index >= 15 is 0 Å². The fourth-order valence-electron chi connectivity index (χ4n) is 1.20. The van der Waals surface area contributed by atoms with Crippen molar-refractivity contribution < 1.29 is 4.79 Å². The maximum absolute atomic E-state index is 10.8. The quantitative estimate of drug-likeness (QED) is 0.411. The van der Waals surface area contributed by atoms with Crippen molar-refractivity contribution >= 4 is 5.91 Å². The number of rotatable bonds is 3. The first-order valence-corrected chi connectivity index (χ1v) is 4.27. The summed E-state index contributed by atoms with van der Waals surface area (Å²) < 4.78 is 0. The third-order valence-corrected chi connectivity index (χ3v) is 1.88. The van der Waals surface area contributed by atoms with Gasteiger partial charge in [-0.2, -0.15) is 0 Å². The van der Waals surface area contributed by atoms with E-state index in [1.54, 1.807) is 0 Å². The molecule has 0 aliphatic carbocycles. The Balaban J connectivity index is 2.50. The Hall–Kier alpha value is -1.35. The van der Waals surface area contributed by atoms with Crippen molar-refractivity contribution in [1.29, 1.82) is 0 Å². The molecular formula is C10H14N2O. The molecule has 0 aromatic heterocycles. The molecule has 0 aliphatic heterocycles. The van der Waals surface area contributed by atoms with Crippen LogP contribution in [0, 0.1) is 6.92 Å². The molecule has 0 saturated heterocycles. The van der Waals surface area contributed by atoms with E-state index in [1.807, 2.05) is 25.1 Å². The minimum Gasteiger partial charge on any atom is -0.294 e. The molecule has 0 bridgehead atoms. The van der Waals surface area contributed by atoms with Crippen molar-refractivity contribution in [3.8, 4) is 0 Å². The molecule has 3 nitrogen and oxygen atoms in total. The molecular weight excluding hydrogens is 164 g/mol. The second-order valence-corrected chi connectivity index (χ2v) is 3.06. The fraction of sp³-hybridized carbons (Fsp3) is 0.300. The molecule has 1 aromatic carbocycles. The van der Waals surface area contributed by atoms with Gasteiger partial charge < -0.3 is 0 Å². The highest BCUT2D eigenvalue weighted by Gasteiger charge is 1.99. The lowest BCUT2D eigenvalue weighted by Gasteiger charge is -2.01. The predicted octanol–water partition coefficient (Wildman–Crippen LogP) is 0.918. The molecule has 0 fully saturated rings. The molecule has 3 N–H and O–H groups in total. The molecule has 13 heavy (non-hydrogen) atoms. The molecule has 0 aliphatic rings. The minimum absolute atomic E-state index is 0.124. The fourth-order valence-corrected chi connectivity index (χ4v) is 1.20. The first-order chi connectivity index (χ1) is 6.22. The number of carbonyl (C=O) groups is 1. The zero-order valence-corrected chi connectivity index (χ0v) is 7.71. The Morgan fingerprint density at radius 2 is 2.31 bits per heavy atom. The second-order valence-electron chi connectivity index (χ2n) is 3.06. The van der Waals surface area contributed by atoms with Gasteiger partial charge in [0, 0.05) is 6.42 Å². The number of benzene rings is 1. The maximum atomic E-state index is 10.8. The molecule has 1 rings (SSSR count). The Labute approximate surface area is 77.9 Å². The lowest BCUT2D eigenvalue weighted by Crippen LogP contribution is -2.30. The standard InChI is InChI=1S/C10H14N2O/c1-8-3-2-4-9(7-8)5-6-10(13)12-11/h2-4,7H,5-6,11H2,1H3,(H,12,13). The SMILES string of the molecule is Cc1cccc(CCC(=O)NN)c1. The van der Waals surface area contributed by atoms with Crippen LogP contribution in [0.5, 0.6) is 0 Å². The highest BCUT2D eigenvalue weighted by Crippen LogP contribution is 2.05. The number of hydrogen-bond acceptors (Lipinski definition) is 2. The van der Waals surface area contributed by atoms with Gasteiger partial charge in [0.15, 0.2) is 0 Å². The van der Waals surface area contributed by atoms with E-state index in [1.165, 1.54) is 11.1 Å². The Morgan fingerprint density at radius 1 is 1.54 bits per heavy atom. The normalized spacial score (nSPS) is 9.69. The zero-order chi connectivity index (χ0) is 9.68. The van der Waals surface area contributed by atoms with Crippen molar-refractivity contribution in [1.82, 2.24) is 5.43 Å². The molecule has 70 valence electrons. The van der Waals surface area contributed by atoms with Crippen molar-refractivity contribution in [3.05, 3.63) is 35.4 Å². The number of hydrazine groups is 1. The Bertz CT molecular complexity index is 297. The van der Waals surface area contributed by atoms with E-state index in [4.69, 9.17) is 5.84 Å². The van der Waals surface area contributed by atoms with Crippen LogP contribution >= 0.6 is 0 Å². The van der Waals surface area contributed by atoms with E-state index < -0.39 is 0 Å². The van der Waals surface area contributed by atoms with Crippen LogP contribution in [0.25, 0.3) is 0 Å². The van der Waals surface area contributed by atoms with Crippen LogP contribution in [0.15, 0.2) is 24.3 Å². The molecule has 0 radical (unpaired) electrons. The summed E-state index contributed by atoms with van der Waals surface area (Å²) in [5.74, 6) is 4.84. The Kier molecular flexibility index (Phi) is 3.46. The van der Waals surface area contributed by atoms with E-state index in [0.717, 1.165) is 6.42 Å². The third-order valence-electron chi connectivity index (χ3n) is 1.88. The van der Waals surface area contributed by atoms with Crippen LogP contribution < -0.4 is 11.3 Å². The summed E-state index contributed by atoms with van der Waals surface area (Å²) in [6.45, 7) is 2.03. The van der Waals surface area contributed by atoms with Crippen molar-refractivity contribution in [2.75, 3.05) is 0 Å². The monoisotopic (exact) mass is 178 g/mol. The van der Waals surface area contributed by atoms with E-state index in [9.17, 15) is 4.79 Å². The molecule has 0 unspecified atom stereocenters. The van der Waals surface area contributed by atoms with Gasteiger partial charge in [0.25, 0.3) is 0 Å². The number of nitrogens with one attached hydrogen (secondary N) is 1. The van der Waals surface area contributed by atoms with E-state index in [-0.39, 0.29) is 5.91 Å². The summed E-state index contributed by atoms with van der Waals surface area (Å²) in [6, 6.07) is 8.11. The largest absolute Gasteiger partial charge is 0.294 e. The summed E-state index contributed by atoms with van der Waals surface area (Å²) in [5, 5.41) is 0. The van der Waals surface area contributed by atoms with Gasteiger partial charge in [-0.3, -0.25) is 10.2 Å². The topological polar surface area (TPSA) is 55.1 Å². The number of aryl methyl sites for hydroxylation is 2. The van der Waals surface area contributed by atoms with Gasteiger partial charge >= 0.3 is 0 Å². The molecule has 1 amide bonds. The summed E-state index contributed by atoms with van der Waals surface area (Å²) in [5.41, 5.74) is 4.49. The first kappa shape index (κ1) is 9.74. The average Bonchev–Trinajstić information content (AvgIpc) is 2.14.